The Hall–Kier alpha value is -1.36. The molecule has 1 N–H and O–H groups in total. The molecule has 1 heterocycles. The van der Waals surface area contributed by atoms with Gasteiger partial charge in [0.15, 0.2) is 0 Å². The van der Waals surface area contributed by atoms with Gasteiger partial charge in [-0.25, -0.2) is 0 Å². The number of carbonyl (C=O) groups is 2. The van der Waals surface area contributed by atoms with E-state index < -0.39 is 17.4 Å². The first-order valence-electron chi connectivity index (χ1n) is 5.65. The van der Waals surface area contributed by atoms with Crippen molar-refractivity contribution in [2.45, 2.75) is 25.8 Å². The molecule has 0 spiro atoms. The van der Waals surface area contributed by atoms with Gasteiger partial charge in [0.2, 0.25) is 5.91 Å². The molecule has 1 amide bonds. The summed E-state index contributed by atoms with van der Waals surface area (Å²) in [6, 6.07) is 7.31. The summed E-state index contributed by atoms with van der Waals surface area (Å²) in [4.78, 5) is 24.8. The molecule has 5 heteroatoms. The van der Waals surface area contributed by atoms with Gasteiger partial charge < -0.3 is 10.0 Å². The van der Waals surface area contributed by atoms with Gasteiger partial charge in [-0.3, -0.25) is 9.59 Å². The highest BCUT2D eigenvalue weighted by molar-refractivity contribution is 9.10. The van der Waals surface area contributed by atoms with Gasteiger partial charge in [-0.2, -0.15) is 0 Å². The van der Waals surface area contributed by atoms with Crippen LogP contribution < -0.4 is 4.90 Å². The van der Waals surface area contributed by atoms with Crippen molar-refractivity contribution in [3.05, 3.63) is 28.7 Å². The Morgan fingerprint density at radius 2 is 1.94 bits per heavy atom. The monoisotopic (exact) mass is 311 g/mol. The van der Waals surface area contributed by atoms with Crippen molar-refractivity contribution < 1.29 is 14.7 Å². The SMILES string of the molecule is CC1(C)C(C(=O)O)CC(=O)N1c1ccc(Br)cc1. The minimum atomic E-state index is -0.923. The smallest absolute Gasteiger partial charge is 0.309 e. The maximum absolute atomic E-state index is 12.0. The second-order valence-corrected chi connectivity index (χ2v) is 5.87. The summed E-state index contributed by atoms with van der Waals surface area (Å²) in [7, 11) is 0. The van der Waals surface area contributed by atoms with Gasteiger partial charge in [0.05, 0.1) is 11.5 Å². The molecule has 0 aliphatic carbocycles. The van der Waals surface area contributed by atoms with Crippen LogP contribution in [0.5, 0.6) is 0 Å². The van der Waals surface area contributed by atoms with Crippen molar-refractivity contribution >= 4 is 33.5 Å². The second kappa shape index (κ2) is 4.39. The number of nitrogens with zero attached hydrogens (tertiary/aromatic N) is 1. The van der Waals surface area contributed by atoms with Gasteiger partial charge in [-0.15, -0.1) is 0 Å². The van der Waals surface area contributed by atoms with Gasteiger partial charge >= 0.3 is 5.97 Å². The van der Waals surface area contributed by atoms with Crippen molar-refractivity contribution in [1.82, 2.24) is 0 Å². The molecule has 1 unspecified atom stereocenters. The summed E-state index contributed by atoms with van der Waals surface area (Å²) < 4.78 is 0.922. The van der Waals surface area contributed by atoms with Crippen LogP contribution in [-0.4, -0.2) is 22.5 Å². The molecular weight excluding hydrogens is 298 g/mol. The average Bonchev–Trinajstić information content (AvgIpc) is 2.51. The summed E-state index contributed by atoms with van der Waals surface area (Å²) in [5.74, 6) is -1.74. The van der Waals surface area contributed by atoms with Crippen LogP contribution in [-0.2, 0) is 9.59 Å². The van der Waals surface area contributed by atoms with E-state index in [2.05, 4.69) is 15.9 Å². The number of carboxylic acid groups (broad SMARTS) is 1. The van der Waals surface area contributed by atoms with Gasteiger partial charge in [0.25, 0.3) is 0 Å². The molecule has 0 bridgehead atoms. The zero-order valence-corrected chi connectivity index (χ0v) is 11.8. The van der Waals surface area contributed by atoms with Crippen molar-refractivity contribution in [2.24, 2.45) is 5.92 Å². The van der Waals surface area contributed by atoms with E-state index in [0.29, 0.717) is 0 Å². The number of halogens is 1. The lowest BCUT2D eigenvalue weighted by atomic mass is 9.88. The van der Waals surface area contributed by atoms with E-state index in [1.165, 1.54) is 0 Å². The molecule has 0 radical (unpaired) electrons. The zero-order chi connectivity index (χ0) is 13.5. The first-order chi connectivity index (χ1) is 8.34. The molecule has 4 nitrogen and oxygen atoms in total. The zero-order valence-electron chi connectivity index (χ0n) is 10.2. The summed E-state index contributed by atoms with van der Waals surface area (Å²) in [6.07, 6.45) is 0.0540. The highest BCUT2D eigenvalue weighted by Crippen LogP contribution is 2.39. The first-order valence-corrected chi connectivity index (χ1v) is 6.45. The van der Waals surface area contributed by atoms with Crippen LogP contribution in [0.4, 0.5) is 5.69 Å². The van der Waals surface area contributed by atoms with Gasteiger partial charge in [0.1, 0.15) is 0 Å². The maximum atomic E-state index is 12.0. The molecule has 1 fully saturated rings. The molecule has 0 saturated carbocycles. The van der Waals surface area contributed by atoms with Crippen molar-refractivity contribution in [3.8, 4) is 0 Å². The third-order valence-electron chi connectivity index (χ3n) is 3.44. The quantitative estimate of drug-likeness (QED) is 0.913. The fourth-order valence-corrected chi connectivity index (χ4v) is 2.71. The normalized spacial score (nSPS) is 22.3. The number of hydrogen-bond acceptors (Lipinski definition) is 2. The van der Waals surface area contributed by atoms with Crippen LogP contribution in [0.2, 0.25) is 0 Å². The molecule has 18 heavy (non-hydrogen) atoms. The van der Waals surface area contributed by atoms with Crippen molar-refractivity contribution in [1.29, 1.82) is 0 Å². The lowest BCUT2D eigenvalue weighted by Crippen LogP contribution is -2.46. The topological polar surface area (TPSA) is 57.6 Å². The highest BCUT2D eigenvalue weighted by atomic mass is 79.9. The van der Waals surface area contributed by atoms with E-state index in [1.54, 1.807) is 18.7 Å². The first kappa shape index (κ1) is 13.1. The van der Waals surface area contributed by atoms with Gasteiger partial charge in [0, 0.05) is 16.6 Å². The summed E-state index contributed by atoms with van der Waals surface area (Å²) in [6.45, 7) is 3.58. The van der Waals surface area contributed by atoms with E-state index in [4.69, 9.17) is 0 Å². The van der Waals surface area contributed by atoms with Crippen LogP contribution in [0.25, 0.3) is 0 Å². The number of benzene rings is 1. The standard InChI is InChI=1S/C13H14BrNO3/c1-13(2)10(12(17)18)7-11(16)15(13)9-5-3-8(14)4-6-9/h3-6,10H,7H2,1-2H3,(H,17,18). The van der Waals surface area contributed by atoms with Crippen LogP contribution in [0, 0.1) is 5.92 Å². The molecule has 96 valence electrons. The van der Waals surface area contributed by atoms with Crippen LogP contribution >= 0.6 is 15.9 Å². The molecule has 0 aromatic heterocycles. The molecule has 1 saturated heterocycles. The average molecular weight is 312 g/mol. The Bertz CT molecular complexity index is 495. The lowest BCUT2D eigenvalue weighted by molar-refractivity contribution is -0.143. The van der Waals surface area contributed by atoms with E-state index in [9.17, 15) is 14.7 Å². The third-order valence-corrected chi connectivity index (χ3v) is 3.97. The van der Waals surface area contributed by atoms with E-state index in [0.717, 1.165) is 10.2 Å². The number of carbonyl (C=O) groups excluding carboxylic acids is 1. The Balaban J connectivity index is 2.41. The molecule has 1 aromatic carbocycles. The molecule has 1 aromatic rings. The predicted octanol–water partition coefficient (Wildman–Crippen LogP) is 2.67. The highest BCUT2D eigenvalue weighted by Gasteiger charge is 2.50. The number of hydrogen-bond donors (Lipinski definition) is 1. The summed E-state index contributed by atoms with van der Waals surface area (Å²) in [5, 5.41) is 9.19. The van der Waals surface area contributed by atoms with E-state index in [1.807, 2.05) is 24.3 Å². The molecule has 1 aliphatic rings. The van der Waals surface area contributed by atoms with Gasteiger partial charge in [-0.05, 0) is 38.1 Å². The minimum absolute atomic E-state index is 0.0540. The Kier molecular flexibility index (Phi) is 3.19. The summed E-state index contributed by atoms with van der Waals surface area (Å²) in [5.41, 5.74) is 0.0217. The van der Waals surface area contributed by atoms with Crippen LogP contribution in [0.1, 0.15) is 20.3 Å². The van der Waals surface area contributed by atoms with Crippen LogP contribution in [0.3, 0.4) is 0 Å². The van der Waals surface area contributed by atoms with Crippen molar-refractivity contribution in [3.63, 3.8) is 0 Å². The lowest BCUT2D eigenvalue weighted by Gasteiger charge is -2.34. The maximum Gasteiger partial charge on any atom is 0.309 e. The Morgan fingerprint density at radius 3 is 2.39 bits per heavy atom. The minimum Gasteiger partial charge on any atom is -0.481 e. The molecule has 1 atom stereocenters. The molecule has 2 rings (SSSR count). The number of amides is 1. The Morgan fingerprint density at radius 1 is 1.39 bits per heavy atom. The predicted molar refractivity (Wildman–Crippen MR) is 71.4 cm³/mol. The van der Waals surface area contributed by atoms with E-state index >= 15 is 0 Å². The fourth-order valence-electron chi connectivity index (χ4n) is 2.45. The van der Waals surface area contributed by atoms with Gasteiger partial charge in [-0.1, -0.05) is 15.9 Å². The number of carboxylic acids is 1. The van der Waals surface area contributed by atoms with E-state index in [-0.39, 0.29) is 12.3 Å². The number of rotatable bonds is 2. The van der Waals surface area contributed by atoms with Crippen LogP contribution in [0.15, 0.2) is 28.7 Å². The fraction of sp³-hybridized carbons (Fsp3) is 0.385. The number of anilines is 1. The number of aliphatic carboxylic acids is 1. The largest absolute Gasteiger partial charge is 0.481 e. The second-order valence-electron chi connectivity index (χ2n) is 4.95. The summed E-state index contributed by atoms with van der Waals surface area (Å²) >= 11 is 3.34. The molecule has 1 aliphatic heterocycles. The van der Waals surface area contributed by atoms with Crippen molar-refractivity contribution in [2.75, 3.05) is 4.90 Å². The third kappa shape index (κ3) is 2.03. The Labute approximate surface area is 114 Å². The molecular formula is C13H14BrNO3.